The Balaban J connectivity index is 1.92. The molecule has 4 rings (SSSR count). The first-order valence-corrected chi connectivity index (χ1v) is 11.1. The maximum absolute atomic E-state index is 13.7. The second kappa shape index (κ2) is 6.65. The van der Waals surface area contributed by atoms with E-state index in [9.17, 15) is 19.5 Å². The van der Waals surface area contributed by atoms with Gasteiger partial charge in [-0.2, -0.15) is 0 Å². The molecule has 0 aromatic carbocycles. The molecular formula is C24H34O6. The van der Waals surface area contributed by atoms with Crippen molar-refractivity contribution < 1.29 is 29.0 Å². The van der Waals surface area contributed by atoms with Crippen LogP contribution in [0.3, 0.4) is 0 Å². The molecular weight excluding hydrogens is 384 g/mol. The lowest BCUT2D eigenvalue weighted by molar-refractivity contribution is -0.259. The molecule has 4 fully saturated rings. The van der Waals surface area contributed by atoms with Crippen molar-refractivity contribution in [2.75, 3.05) is 0 Å². The molecule has 6 nitrogen and oxygen atoms in total. The van der Waals surface area contributed by atoms with Crippen LogP contribution in [-0.4, -0.2) is 41.1 Å². The van der Waals surface area contributed by atoms with E-state index in [4.69, 9.17) is 9.47 Å². The molecule has 0 aliphatic heterocycles. The summed E-state index contributed by atoms with van der Waals surface area (Å²) in [6, 6.07) is 0. The van der Waals surface area contributed by atoms with Crippen molar-refractivity contribution in [3.63, 3.8) is 0 Å². The highest BCUT2D eigenvalue weighted by atomic mass is 16.5. The zero-order valence-corrected chi connectivity index (χ0v) is 18.7. The Morgan fingerprint density at radius 2 is 1.60 bits per heavy atom. The second-order valence-corrected chi connectivity index (χ2v) is 10.8. The molecule has 4 aliphatic carbocycles. The van der Waals surface area contributed by atoms with Gasteiger partial charge in [0.15, 0.2) is 5.78 Å². The molecule has 2 bridgehead atoms. The lowest BCUT2D eigenvalue weighted by Gasteiger charge is -2.66. The summed E-state index contributed by atoms with van der Waals surface area (Å²) in [5.74, 6) is -1.41. The Kier molecular flexibility index (Phi) is 4.78. The molecule has 166 valence electrons. The zero-order valence-electron chi connectivity index (χ0n) is 18.7. The van der Waals surface area contributed by atoms with Crippen LogP contribution in [0.4, 0.5) is 0 Å². The van der Waals surface area contributed by atoms with Crippen LogP contribution in [0.2, 0.25) is 0 Å². The minimum atomic E-state index is -1.21. The number of Topliss-reactive ketones (excluding diaryl/α,β-unsaturated/α-hetero) is 1. The Morgan fingerprint density at radius 3 is 2.20 bits per heavy atom. The molecule has 4 aliphatic rings. The van der Waals surface area contributed by atoms with Crippen LogP contribution in [0.5, 0.6) is 0 Å². The van der Waals surface area contributed by atoms with E-state index < -0.39 is 29.0 Å². The largest absolute Gasteiger partial charge is 0.462 e. The van der Waals surface area contributed by atoms with E-state index in [1.165, 1.54) is 13.8 Å². The average Bonchev–Trinajstić information content (AvgIpc) is 2.74. The number of fused-ring (bicyclic) bond motifs is 3. The van der Waals surface area contributed by atoms with Crippen molar-refractivity contribution in [1.82, 2.24) is 0 Å². The summed E-state index contributed by atoms with van der Waals surface area (Å²) < 4.78 is 11.7. The molecule has 30 heavy (non-hydrogen) atoms. The molecule has 4 saturated carbocycles. The number of aliphatic hydroxyl groups is 1. The van der Waals surface area contributed by atoms with Crippen molar-refractivity contribution in [2.24, 2.45) is 34.0 Å². The maximum atomic E-state index is 13.7. The van der Waals surface area contributed by atoms with Gasteiger partial charge in [0.2, 0.25) is 0 Å². The van der Waals surface area contributed by atoms with Gasteiger partial charge in [-0.25, -0.2) is 0 Å². The third-order valence-electron chi connectivity index (χ3n) is 9.13. The molecule has 0 amide bonds. The van der Waals surface area contributed by atoms with Gasteiger partial charge in [0, 0.05) is 25.2 Å². The topological polar surface area (TPSA) is 89.9 Å². The number of hydrogen-bond donors (Lipinski definition) is 1. The summed E-state index contributed by atoms with van der Waals surface area (Å²) in [4.78, 5) is 37.7. The van der Waals surface area contributed by atoms with Gasteiger partial charge in [0.25, 0.3) is 0 Å². The van der Waals surface area contributed by atoms with Gasteiger partial charge in [-0.3, -0.25) is 14.4 Å². The van der Waals surface area contributed by atoms with E-state index in [1.54, 1.807) is 0 Å². The molecule has 1 unspecified atom stereocenters. The Morgan fingerprint density at radius 1 is 1.00 bits per heavy atom. The van der Waals surface area contributed by atoms with E-state index >= 15 is 0 Å². The van der Waals surface area contributed by atoms with Gasteiger partial charge >= 0.3 is 11.9 Å². The van der Waals surface area contributed by atoms with Gasteiger partial charge < -0.3 is 14.6 Å². The van der Waals surface area contributed by atoms with Gasteiger partial charge in [-0.15, -0.1) is 0 Å². The highest BCUT2D eigenvalue weighted by Gasteiger charge is 2.76. The smallest absolute Gasteiger partial charge is 0.302 e. The summed E-state index contributed by atoms with van der Waals surface area (Å²) in [6.45, 7) is 13.3. The standard InChI is InChI=1S/C24H34O6/c1-12-15-7-8-16-23(6)17(22(4,5)10-9-18(23)29-13(2)25)11-19(30-14(3)26)24(16,20(12)27)21(15)28/h15-19,21,28H,1,7-11H2,2-6H3/t15-,16-,17+,18+,19+,21-,23-,24?/m0/s1. The Bertz CT molecular complexity index is 815. The van der Waals surface area contributed by atoms with Crippen LogP contribution in [-0.2, 0) is 23.9 Å². The van der Waals surface area contributed by atoms with Crippen molar-refractivity contribution in [2.45, 2.75) is 85.0 Å². The van der Waals surface area contributed by atoms with Crippen molar-refractivity contribution >= 4 is 17.7 Å². The summed E-state index contributed by atoms with van der Waals surface area (Å²) in [6.07, 6.45) is 1.49. The van der Waals surface area contributed by atoms with Crippen LogP contribution in [0.25, 0.3) is 0 Å². The molecule has 1 N–H and O–H groups in total. The van der Waals surface area contributed by atoms with Gasteiger partial charge in [-0.05, 0) is 54.9 Å². The van der Waals surface area contributed by atoms with Gasteiger partial charge in [0.05, 0.1) is 6.10 Å². The Labute approximate surface area is 178 Å². The fraction of sp³-hybridized carbons (Fsp3) is 0.792. The number of carbonyl (C=O) groups is 3. The molecule has 0 aromatic heterocycles. The Hall–Kier alpha value is -1.69. The quantitative estimate of drug-likeness (QED) is 0.547. The minimum absolute atomic E-state index is 0.0773. The first-order chi connectivity index (χ1) is 13.9. The number of rotatable bonds is 2. The van der Waals surface area contributed by atoms with E-state index in [0.29, 0.717) is 24.8 Å². The highest BCUT2D eigenvalue weighted by Crippen LogP contribution is 2.71. The normalized spacial score (nSPS) is 46.6. The summed E-state index contributed by atoms with van der Waals surface area (Å²) >= 11 is 0. The predicted molar refractivity (Wildman–Crippen MR) is 109 cm³/mol. The van der Waals surface area contributed by atoms with Crippen LogP contribution < -0.4 is 0 Å². The molecule has 6 heteroatoms. The predicted octanol–water partition coefficient (Wildman–Crippen LogP) is 3.21. The van der Waals surface area contributed by atoms with E-state index in [-0.39, 0.29) is 41.0 Å². The van der Waals surface area contributed by atoms with Crippen molar-refractivity contribution in [1.29, 1.82) is 0 Å². The fourth-order valence-corrected chi connectivity index (χ4v) is 8.01. The third-order valence-corrected chi connectivity index (χ3v) is 9.13. The molecule has 0 radical (unpaired) electrons. The number of ketones is 1. The first-order valence-electron chi connectivity index (χ1n) is 11.1. The summed E-state index contributed by atoms with van der Waals surface area (Å²) in [5.41, 5.74) is -1.34. The number of ether oxygens (including phenoxy) is 2. The molecule has 0 aromatic rings. The van der Waals surface area contributed by atoms with Crippen molar-refractivity contribution in [3.8, 4) is 0 Å². The maximum Gasteiger partial charge on any atom is 0.302 e. The van der Waals surface area contributed by atoms with E-state index in [0.717, 1.165) is 12.8 Å². The first kappa shape index (κ1) is 21.5. The fourth-order valence-electron chi connectivity index (χ4n) is 8.01. The van der Waals surface area contributed by atoms with Crippen LogP contribution in [0, 0.1) is 34.0 Å². The summed E-state index contributed by atoms with van der Waals surface area (Å²) in [5, 5.41) is 11.4. The lowest BCUT2D eigenvalue weighted by atomic mass is 9.39. The number of esters is 2. The minimum Gasteiger partial charge on any atom is -0.462 e. The monoisotopic (exact) mass is 418 g/mol. The number of aliphatic hydroxyl groups excluding tert-OH is 1. The van der Waals surface area contributed by atoms with Crippen LogP contribution in [0.15, 0.2) is 12.2 Å². The third kappa shape index (κ3) is 2.55. The second-order valence-electron chi connectivity index (χ2n) is 10.8. The SMILES string of the molecule is C=C1C(=O)C23[C@@H](CC[C@@H]1[C@@H]2O)[C@@]1(C)[C@H](C[C@H]3OC(C)=O)C(C)(C)CC[C@H]1OC(C)=O. The van der Waals surface area contributed by atoms with E-state index in [2.05, 4.69) is 27.4 Å². The zero-order chi connectivity index (χ0) is 22.2. The van der Waals surface area contributed by atoms with Crippen molar-refractivity contribution in [3.05, 3.63) is 12.2 Å². The van der Waals surface area contributed by atoms with Gasteiger partial charge in [-0.1, -0.05) is 27.4 Å². The molecule has 0 saturated heterocycles. The number of carbonyl (C=O) groups excluding carboxylic acids is 3. The number of hydrogen-bond acceptors (Lipinski definition) is 6. The van der Waals surface area contributed by atoms with Crippen LogP contribution >= 0.6 is 0 Å². The molecule has 0 heterocycles. The van der Waals surface area contributed by atoms with E-state index in [1.807, 2.05) is 0 Å². The molecule has 8 atom stereocenters. The van der Waals surface area contributed by atoms with Gasteiger partial charge in [0.1, 0.15) is 17.6 Å². The lowest BCUT2D eigenvalue weighted by Crippen LogP contribution is -2.70. The molecule has 1 spiro atoms. The highest BCUT2D eigenvalue weighted by molar-refractivity contribution is 6.04. The van der Waals surface area contributed by atoms with Crippen LogP contribution in [0.1, 0.15) is 66.7 Å². The average molecular weight is 419 g/mol. The summed E-state index contributed by atoms with van der Waals surface area (Å²) in [7, 11) is 0.